The van der Waals surface area contributed by atoms with E-state index in [1.807, 2.05) is 18.2 Å². The Morgan fingerprint density at radius 3 is 2.31 bits per heavy atom. The van der Waals surface area contributed by atoms with Crippen LogP contribution in [-0.4, -0.2) is 17.9 Å². The van der Waals surface area contributed by atoms with Crippen LogP contribution in [0, 0.1) is 0 Å². The van der Waals surface area contributed by atoms with Gasteiger partial charge in [-0.15, -0.1) is 0 Å². The van der Waals surface area contributed by atoms with Crippen LogP contribution in [0.4, 0.5) is 11.4 Å². The molecule has 0 saturated carbocycles. The SMILES string of the molecule is C[C@@H](Oc1ccc(Cl)cc1Cl)C(=O)Nc1ccccc1C(=O)Nc1ccccc1. The summed E-state index contributed by atoms with van der Waals surface area (Å²) in [7, 11) is 0. The van der Waals surface area contributed by atoms with Crippen LogP contribution in [-0.2, 0) is 4.79 Å². The van der Waals surface area contributed by atoms with Crippen LogP contribution in [0.25, 0.3) is 0 Å². The largest absolute Gasteiger partial charge is 0.479 e. The number of amides is 2. The molecular formula is C22H18Cl2N2O3. The van der Waals surface area contributed by atoms with Gasteiger partial charge in [-0.25, -0.2) is 0 Å². The maximum Gasteiger partial charge on any atom is 0.265 e. The summed E-state index contributed by atoms with van der Waals surface area (Å²) in [5.41, 5.74) is 1.37. The second kappa shape index (κ2) is 9.45. The Morgan fingerprint density at radius 1 is 0.897 bits per heavy atom. The van der Waals surface area contributed by atoms with Gasteiger partial charge in [-0.2, -0.15) is 0 Å². The number of nitrogens with one attached hydrogen (secondary N) is 2. The smallest absolute Gasteiger partial charge is 0.265 e. The normalized spacial score (nSPS) is 11.4. The van der Waals surface area contributed by atoms with Gasteiger partial charge in [0.25, 0.3) is 11.8 Å². The molecule has 0 bridgehead atoms. The lowest BCUT2D eigenvalue weighted by atomic mass is 10.1. The molecule has 0 fully saturated rings. The molecule has 0 aliphatic rings. The molecular weight excluding hydrogens is 411 g/mol. The Kier molecular flexibility index (Phi) is 6.75. The lowest BCUT2D eigenvalue weighted by Crippen LogP contribution is -2.31. The molecule has 3 aromatic rings. The zero-order valence-corrected chi connectivity index (χ0v) is 17.0. The third-order valence-electron chi connectivity index (χ3n) is 4.03. The molecule has 0 radical (unpaired) electrons. The van der Waals surface area contributed by atoms with Crippen LogP contribution in [0.3, 0.4) is 0 Å². The summed E-state index contributed by atoms with van der Waals surface area (Å²) in [6, 6.07) is 20.6. The molecule has 3 aromatic carbocycles. The van der Waals surface area contributed by atoms with E-state index in [1.54, 1.807) is 55.5 Å². The first-order valence-corrected chi connectivity index (χ1v) is 9.57. The summed E-state index contributed by atoms with van der Waals surface area (Å²) < 4.78 is 5.63. The van der Waals surface area contributed by atoms with Crippen molar-refractivity contribution in [1.29, 1.82) is 0 Å². The molecule has 0 unspecified atom stereocenters. The zero-order chi connectivity index (χ0) is 20.8. The van der Waals surface area contributed by atoms with E-state index in [0.29, 0.717) is 32.7 Å². The number of carbonyl (C=O) groups excluding carboxylic acids is 2. The van der Waals surface area contributed by atoms with Crippen LogP contribution in [0.5, 0.6) is 5.75 Å². The molecule has 7 heteroatoms. The van der Waals surface area contributed by atoms with Crippen molar-refractivity contribution in [1.82, 2.24) is 0 Å². The fourth-order valence-corrected chi connectivity index (χ4v) is 3.01. The predicted molar refractivity (Wildman–Crippen MR) is 116 cm³/mol. The Bertz CT molecular complexity index is 1030. The molecule has 29 heavy (non-hydrogen) atoms. The minimum atomic E-state index is -0.848. The van der Waals surface area contributed by atoms with Crippen molar-refractivity contribution in [2.45, 2.75) is 13.0 Å². The number of carbonyl (C=O) groups is 2. The summed E-state index contributed by atoms with van der Waals surface area (Å²) >= 11 is 12.0. The maximum atomic E-state index is 12.6. The molecule has 3 rings (SSSR count). The molecule has 0 spiro atoms. The molecule has 0 aliphatic heterocycles. The highest BCUT2D eigenvalue weighted by Crippen LogP contribution is 2.28. The van der Waals surface area contributed by atoms with Crippen molar-refractivity contribution in [3.63, 3.8) is 0 Å². The van der Waals surface area contributed by atoms with Crippen molar-refractivity contribution < 1.29 is 14.3 Å². The van der Waals surface area contributed by atoms with Crippen molar-refractivity contribution in [2.24, 2.45) is 0 Å². The predicted octanol–water partition coefficient (Wildman–Crippen LogP) is 5.65. The van der Waals surface area contributed by atoms with E-state index in [-0.39, 0.29) is 5.91 Å². The minimum Gasteiger partial charge on any atom is -0.479 e. The average molecular weight is 429 g/mol. The summed E-state index contributed by atoms with van der Waals surface area (Å²) in [5, 5.41) is 6.31. The third-order valence-corrected chi connectivity index (χ3v) is 4.56. The number of rotatable bonds is 6. The van der Waals surface area contributed by atoms with Crippen LogP contribution in [0.1, 0.15) is 17.3 Å². The molecule has 0 saturated heterocycles. The Hall–Kier alpha value is -3.02. The standard InChI is InChI=1S/C22H18Cl2N2O3/c1-14(29-20-12-11-15(23)13-18(20)24)21(27)26-19-10-6-5-9-17(19)22(28)25-16-7-3-2-4-8-16/h2-14H,1H3,(H,25,28)(H,26,27)/t14-/m1/s1. The Balaban J connectivity index is 1.71. The van der Waals surface area contributed by atoms with Gasteiger partial charge in [0.2, 0.25) is 0 Å². The van der Waals surface area contributed by atoms with E-state index in [4.69, 9.17) is 27.9 Å². The topological polar surface area (TPSA) is 67.4 Å². The fraction of sp³-hybridized carbons (Fsp3) is 0.0909. The number of hydrogen-bond acceptors (Lipinski definition) is 3. The highest BCUT2D eigenvalue weighted by atomic mass is 35.5. The monoisotopic (exact) mass is 428 g/mol. The quantitative estimate of drug-likeness (QED) is 0.532. The fourth-order valence-electron chi connectivity index (χ4n) is 2.56. The van der Waals surface area contributed by atoms with Crippen LogP contribution in [0.15, 0.2) is 72.8 Å². The van der Waals surface area contributed by atoms with Crippen molar-refractivity contribution in [3.05, 3.63) is 88.4 Å². The van der Waals surface area contributed by atoms with Gasteiger partial charge in [-0.1, -0.05) is 53.5 Å². The molecule has 0 heterocycles. The summed E-state index contributed by atoms with van der Waals surface area (Å²) in [6.45, 7) is 1.59. The number of anilines is 2. The van der Waals surface area contributed by atoms with Crippen molar-refractivity contribution >= 4 is 46.4 Å². The molecule has 2 N–H and O–H groups in total. The second-order valence-corrected chi connectivity index (χ2v) is 7.03. The lowest BCUT2D eigenvalue weighted by molar-refractivity contribution is -0.122. The maximum absolute atomic E-state index is 12.6. The van der Waals surface area contributed by atoms with E-state index in [1.165, 1.54) is 6.07 Å². The van der Waals surface area contributed by atoms with E-state index in [0.717, 1.165) is 0 Å². The first-order chi connectivity index (χ1) is 13.9. The third kappa shape index (κ3) is 5.50. The first-order valence-electron chi connectivity index (χ1n) is 8.82. The lowest BCUT2D eigenvalue weighted by Gasteiger charge is -2.17. The van der Waals surface area contributed by atoms with Gasteiger partial charge in [0.1, 0.15) is 5.75 Å². The van der Waals surface area contributed by atoms with Gasteiger partial charge in [0.05, 0.1) is 16.3 Å². The average Bonchev–Trinajstić information content (AvgIpc) is 2.71. The summed E-state index contributed by atoms with van der Waals surface area (Å²) in [5.74, 6) is -0.411. The summed E-state index contributed by atoms with van der Waals surface area (Å²) in [6.07, 6.45) is -0.848. The van der Waals surface area contributed by atoms with Crippen LogP contribution >= 0.6 is 23.2 Å². The van der Waals surface area contributed by atoms with Crippen molar-refractivity contribution in [2.75, 3.05) is 10.6 Å². The van der Waals surface area contributed by atoms with Crippen molar-refractivity contribution in [3.8, 4) is 5.75 Å². The molecule has 5 nitrogen and oxygen atoms in total. The van der Waals surface area contributed by atoms with Gasteiger partial charge in [0, 0.05) is 10.7 Å². The zero-order valence-electron chi connectivity index (χ0n) is 15.5. The van der Waals surface area contributed by atoms with Gasteiger partial charge < -0.3 is 15.4 Å². The van der Waals surface area contributed by atoms with Gasteiger partial charge >= 0.3 is 0 Å². The molecule has 148 valence electrons. The number of para-hydroxylation sites is 2. The number of hydrogen-bond donors (Lipinski definition) is 2. The Labute approximate surface area is 178 Å². The summed E-state index contributed by atoms with van der Waals surface area (Å²) in [4.78, 5) is 25.2. The highest BCUT2D eigenvalue weighted by Gasteiger charge is 2.19. The van der Waals surface area contributed by atoms with E-state index in [2.05, 4.69) is 10.6 Å². The van der Waals surface area contributed by atoms with E-state index < -0.39 is 12.0 Å². The number of ether oxygens (including phenoxy) is 1. The minimum absolute atomic E-state index is 0.305. The van der Waals surface area contributed by atoms with E-state index in [9.17, 15) is 9.59 Å². The number of halogens is 2. The van der Waals surface area contributed by atoms with Crippen LogP contribution in [0.2, 0.25) is 10.0 Å². The van der Waals surface area contributed by atoms with Crippen LogP contribution < -0.4 is 15.4 Å². The van der Waals surface area contributed by atoms with Gasteiger partial charge in [-0.05, 0) is 49.4 Å². The second-order valence-electron chi connectivity index (χ2n) is 6.19. The molecule has 1 atom stereocenters. The van der Waals surface area contributed by atoms with Gasteiger partial charge in [-0.3, -0.25) is 9.59 Å². The molecule has 0 aromatic heterocycles. The van der Waals surface area contributed by atoms with Gasteiger partial charge in [0.15, 0.2) is 6.10 Å². The first kappa shape index (κ1) is 20.7. The molecule has 2 amide bonds. The van der Waals surface area contributed by atoms with E-state index >= 15 is 0 Å². The Morgan fingerprint density at radius 2 is 1.59 bits per heavy atom. The number of benzene rings is 3. The molecule has 0 aliphatic carbocycles. The highest BCUT2D eigenvalue weighted by molar-refractivity contribution is 6.35.